The molecule has 0 aromatic heterocycles. The number of benzene rings is 2. The van der Waals surface area contributed by atoms with Gasteiger partial charge in [0.25, 0.3) is 0 Å². The maximum atomic E-state index is 12.3. The highest BCUT2D eigenvalue weighted by molar-refractivity contribution is 5.72. The number of alkyl halides is 3. The van der Waals surface area contributed by atoms with Crippen LogP contribution < -0.4 is 4.74 Å². The molecule has 3 rings (SSSR count). The second kappa shape index (κ2) is 7.37. The molecular formula is C19H18F3NO3. The molecule has 1 fully saturated rings. The molecule has 7 heteroatoms. The minimum absolute atomic E-state index is 0.281. The Balaban J connectivity index is 1.73. The lowest BCUT2D eigenvalue weighted by Gasteiger charge is -2.17. The Hall–Kier alpha value is -2.54. The SMILES string of the molecule is O=C(O)C1CN(Cc2ccccc2)CC1c1ccc(OC(F)(F)F)cc1. The van der Waals surface area contributed by atoms with Crippen LogP contribution >= 0.6 is 0 Å². The lowest BCUT2D eigenvalue weighted by molar-refractivity contribution is -0.274. The molecule has 2 aromatic rings. The number of halogens is 3. The molecule has 2 aromatic carbocycles. The number of carboxylic acid groups (broad SMARTS) is 1. The van der Waals surface area contributed by atoms with E-state index in [1.54, 1.807) is 0 Å². The Kier molecular flexibility index (Phi) is 5.18. The number of nitrogens with zero attached hydrogens (tertiary/aromatic N) is 1. The van der Waals surface area contributed by atoms with E-state index < -0.39 is 18.2 Å². The van der Waals surface area contributed by atoms with E-state index in [4.69, 9.17) is 0 Å². The van der Waals surface area contributed by atoms with Crippen LogP contribution in [-0.4, -0.2) is 35.4 Å². The van der Waals surface area contributed by atoms with E-state index >= 15 is 0 Å². The molecule has 1 N–H and O–H groups in total. The van der Waals surface area contributed by atoms with Crippen molar-refractivity contribution in [2.24, 2.45) is 5.92 Å². The van der Waals surface area contributed by atoms with Gasteiger partial charge >= 0.3 is 12.3 Å². The second-order valence-corrected chi connectivity index (χ2v) is 6.35. The summed E-state index contributed by atoms with van der Waals surface area (Å²) < 4.78 is 40.7. The van der Waals surface area contributed by atoms with Gasteiger partial charge in [0.1, 0.15) is 5.75 Å². The zero-order chi connectivity index (χ0) is 18.7. The fraction of sp³-hybridized carbons (Fsp3) is 0.316. The number of hydrogen-bond donors (Lipinski definition) is 1. The Labute approximate surface area is 148 Å². The minimum atomic E-state index is -4.75. The first-order chi connectivity index (χ1) is 12.3. The smallest absolute Gasteiger partial charge is 0.481 e. The molecule has 0 bridgehead atoms. The molecule has 1 aliphatic heterocycles. The Morgan fingerprint density at radius 3 is 2.31 bits per heavy atom. The summed E-state index contributed by atoms with van der Waals surface area (Å²) in [5.41, 5.74) is 1.79. The average Bonchev–Trinajstić information content (AvgIpc) is 2.99. The molecule has 1 saturated heterocycles. The summed E-state index contributed by atoms with van der Waals surface area (Å²) >= 11 is 0. The van der Waals surface area contributed by atoms with Crippen molar-refractivity contribution in [2.45, 2.75) is 18.8 Å². The van der Waals surface area contributed by atoms with E-state index in [2.05, 4.69) is 9.64 Å². The van der Waals surface area contributed by atoms with Crippen molar-refractivity contribution < 1.29 is 27.8 Å². The summed E-state index contributed by atoms with van der Waals surface area (Å²) in [4.78, 5) is 13.7. The molecule has 1 heterocycles. The van der Waals surface area contributed by atoms with Gasteiger partial charge in [-0.2, -0.15) is 0 Å². The first-order valence-corrected chi connectivity index (χ1v) is 8.16. The molecule has 26 heavy (non-hydrogen) atoms. The van der Waals surface area contributed by atoms with Gasteiger partial charge in [0, 0.05) is 25.6 Å². The number of carboxylic acids is 1. The van der Waals surface area contributed by atoms with Gasteiger partial charge in [-0.05, 0) is 23.3 Å². The van der Waals surface area contributed by atoms with Crippen molar-refractivity contribution >= 4 is 5.97 Å². The van der Waals surface area contributed by atoms with Crippen molar-refractivity contribution in [3.05, 3.63) is 65.7 Å². The first kappa shape index (κ1) is 18.3. The lowest BCUT2D eigenvalue weighted by Crippen LogP contribution is -2.23. The van der Waals surface area contributed by atoms with Gasteiger partial charge in [-0.1, -0.05) is 42.5 Å². The molecule has 0 radical (unpaired) electrons. The Morgan fingerprint density at radius 2 is 1.73 bits per heavy atom. The van der Waals surface area contributed by atoms with E-state index in [1.807, 2.05) is 30.3 Å². The molecule has 4 nitrogen and oxygen atoms in total. The Bertz CT molecular complexity index is 747. The maximum absolute atomic E-state index is 12.3. The summed E-state index contributed by atoms with van der Waals surface area (Å²) in [6.07, 6.45) is -4.75. The van der Waals surface area contributed by atoms with Crippen molar-refractivity contribution in [1.29, 1.82) is 0 Å². The fourth-order valence-electron chi connectivity index (χ4n) is 3.36. The van der Waals surface area contributed by atoms with Crippen molar-refractivity contribution in [2.75, 3.05) is 13.1 Å². The van der Waals surface area contributed by atoms with Crippen molar-refractivity contribution in [1.82, 2.24) is 4.90 Å². The number of carbonyl (C=O) groups is 1. The molecule has 2 atom stereocenters. The monoisotopic (exact) mass is 365 g/mol. The quantitative estimate of drug-likeness (QED) is 0.874. The van der Waals surface area contributed by atoms with Crippen molar-refractivity contribution in [3.8, 4) is 5.75 Å². The van der Waals surface area contributed by atoms with Crippen LogP contribution in [-0.2, 0) is 11.3 Å². The maximum Gasteiger partial charge on any atom is 0.573 e. The molecule has 2 unspecified atom stereocenters. The fourth-order valence-corrected chi connectivity index (χ4v) is 3.36. The highest BCUT2D eigenvalue weighted by Crippen LogP contribution is 2.35. The van der Waals surface area contributed by atoms with Gasteiger partial charge in [0.05, 0.1) is 5.92 Å². The van der Waals surface area contributed by atoms with Gasteiger partial charge in [-0.3, -0.25) is 9.69 Å². The number of rotatable bonds is 5. The summed E-state index contributed by atoms with van der Waals surface area (Å²) in [6.45, 7) is 1.57. The molecule has 1 aliphatic rings. The largest absolute Gasteiger partial charge is 0.573 e. The standard InChI is InChI=1S/C19H18F3NO3/c20-19(21,22)26-15-8-6-14(7-9-15)16-11-23(12-17(16)18(24)25)10-13-4-2-1-3-5-13/h1-9,16-17H,10-12H2,(H,24,25). The van der Waals surface area contributed by atoms with Crippen LogP contribution in [0.5, 0.6) is 5.75 Å². The van der Waals surface area contributed by atoms with Crippen LogP contribution in [0, 0.1) is 5.92 Å². The average molecular weight is 365 g/mol. The molecule has 0 saturated carbocycles. The molecule has 0 aliphatic carbocycles. The van der Waals surface area contributed by atoms with Gasteiger partial charge in [0.2, 0.25) is 0 Å². The van der Waals surface area contributed by atoms with Crippen LogP contribution in [0.3, 0.4) is 0 Å². The summed E-state index contributed by atoms with van der Waals surface area (Å²) in [7, 11) is 0. The van der Waals surface area contributed by atoms with E-state index in [1.165, 1.54) is 24.3 Å². The predicted molar refractivity (Wildman–Crippen MR) is 88.7 cm³/mol. The van der Waals surface area contributed by atoms with Gasteiger partial charge < -0.3 is 9.84 Å². The zero-order valence-electron chi connectivity index (χ0n) is 13.8. The topological polar surface area (TPSA) is 49.8 Å². The molecular weight excluding hydrogens is 347 g/mol. The third-order valence-electron chi connectivity index (χ3n) is 4.50. The molecule has 138 valence electrons. The highest BCUT2D eigenvalue weighted by atomic mass is 19.4. The predicted octanol–water partition coefficient (Wildman–Crippen LogP) is 3.89. The molecule has 0 spiro atoms. The van der Waals surface area contributed by atoms with E-state index in [9.17, 15) is 23.1 Å². The molecule has 0 amide bonds. The number of likely N-dealkylation sites (tertiary alicyclic amines) is 1. The van der Waals surface area contributed by atoms with Crippen molar-refractivity contribution in [3.63, 3.8) is 0 Å². The Morgan fingerprint density at radius 1 is 1.08 bits per heavy atom. The first-order valence-electron chi connectivity index (χ1n) is 8.16. The normalized spacial score (nSPS) is 20.9. The number of aliphatic carboxylic acids is 1. The van der Waals surface area contributed by atoms with Crippen LogP contribution in [0.25, 0.3) is 0 Å². The van der Waals surface area contributed by atoms with E-state index in [0.717, 1.165) is 5.56 Å². The van der Waals surface area contributed by atoms with Crippen LogP contribution in [0.1, 0.15) is 17.0 Å². The summed E-state index contributed by atoms with van der Waals surface area (Å²) in [5.74, 6) is -2.10. The third kappa shape index (κ3) is 4.54. The van der Waals surface area contributed by atoms with E-state index in [-0.39, 0.29) is 11.7 Å². The van der Waals surface area contributed by atoms with Gasteiger partial charge in [-0.25, -0.2) is 0 Å². The highest BCUT2D eigenvalue weighted by Gasteiger charge is 2.38. The van der Waals surface area contributed by atoms with Crippen LogP contribution in [0.4, 0.5) is 13.2 Å². The lowest BCUT2D eigenvalue weighted by atomic mass is 9.89. The zero-order valence-corrected chi connectivity index (χ0v) is 13.8. The van der Waals surface area contributed by atoms with Gasteiger partial charge in [-0.15, -0.1) is 13.2 Å². The summed E-state index contributed by atoms with van der Waals surface area (Å²) in [6, 6.07) is 15.2. The van der Waals surface area contributed by atoms with Crippen LogP contribution in [0.2, 0.25) is 0 Å². The number of ether oxygens (including phenoxy) is 1. The second-order valence-electron chi connectivity index (χ2n) is 6.35. The van der Waals surface area contributed by atoms with Crippen LogP contribution in [0.15, 0.2) is 54.6 Å². The number of hydrogen-bond acceptors (Lipinski definition) is 3. The third-order valence-corrected chi connectivity index (χ3v) is 4.50. The minimum Gasteiger partial charge on any atom is -0.481 e. The summed E-state index contributed by atoms with van der Waals surface area (Å²) in [5, 5.41) is 9.54. The van der Waals surface area contributed by atoms with Gasteiger partial charge in [0.15, 0.2) is 0 Å². The van der Waals surface area contributed by atoms with E-state index in [0.29, 0.717) is 25.2 Å².